The van der Waals surface area contributed by atoms with Crippen LogP contribution >= 0.6 is 0 Å². The summed E-state index contributed by atoms with van der Waals surface area (Å²) in [6.45, 7) is 4.82. The number of anilines is 1. The van der Waals surface area contributed by atoms with Gasteiger partial charge in [0.05, 0.1) is 0 Å². The molecule has 1 saturated carbocycles. The van der Waals surface area contributed by atoms with E-state index in [4.69, 9.17) is 0 Å². The van der Waals surface area contributed by atoms with Crippen LogP contribution in [0, 0.1) is 0 Å². The Morgan fingerprint density at radius 1 is 0.483 bits per heavy atom. The van der Waals surface area contributed by atoms with E-state index in [-0.39, 0.29) is 5.41 Å². The van der Waals surface area contributed by atoms with E-state index >= 15 is 0 Å². The van der Waals surface area contributed by atoms with Crippen LogP contribution in [0.15, 0.2) is 187 Å². The molecule has 0 amide bonds. The second kappa shape index (κ2) is 15.4. The number of rotatable bonds is 8. The predicted molar refractivity (Wildman–Crippen MR) is 246 cm³/mol. The third-order valence-electron chi connectivity index (χ3n) is 13.6. The molecule has 0 unspecified atom stereocenters. The third-order valence-corrected chi connectivity index (χ3v) is 13.6. The number of nitrogens with zero attached hydrogens (tertiary/aromatic N) is 1. The van der Waals surface area contributed by atoms with Crippen molar-refractivity contribution in [3.05, 3.63) is 209 Å². The standard InChI is InChI=1S/C57H53N/c1-57(2)54-24-13-12-21-52(54)53-38-37-49(39-55(53)57)58(47-33-29-43(30-34-47)42-27-25-41(26-28-42)40-15-6-3-7-16-40)48-35-31-46(32-36-48)56-50(44-17-8-4-9-18-44)22-14-23-51(56)45-19-10-5-11-20-45/h4-5,8-14,17-31,33-35,39-40H,3,6-7,15-16,32,36-38H2,1-2H3. The van der Waals surface area contributed by atoms with E-state index in [1.54, 1.807) is 0 Å². The Hall–Kier alpha value is -5.92. The molecule has 4 aliphatic carbocycles. The first-order chi connectivity index (χ1) is 28.5. The quantitative estimate of drug-likeness (QED) is 0.150. The second-order valence-corrected chi connectivity index (χ2v) is 17.3. The Kier molecular flexibility index (Phi) is 9.70. The van der Waals surface area contributed by atoms with Gasteiger partial charge in [-0.05, 0) is 141 Å². The Morgan fingerprint density at radius 2 is 1.07 bits per heavy atom. The Morgan fingerprint density at radius 3 is 1.71 bits per heavy atom. The van der Waals surface area contributed by atoms with Crippen LogP contribution in [-0.4, -0.2) is 0 Å². The molecule has 0 saturated heterocycles. The lowest BCUT2D eigenvalue weighted by atomic mass is 9.79. The largest absolute Gasteiger partial charge is 0.318 e. The molecular formula is C57H53N. The zero-order chi connectivity index (χ0) is 39.1. The van der Waals surface area contributed by atoms with E-state index in [1.165, 1.54) is 122 Å². The van der Waals surface area contributed by atoms with Crippen LogP contribution in [0.3, 0.4) is 0 Å². The lowest BCUT2D eigenvalue weighted by Gasteiger charge is -2.35. The number of hydrogen-bond donors (Lipinski definition) is 0. The van der Waals surface area contributed by atoms with Crippen LogP contribution < -0.4 is 4.90 Å². The van der Waals surface area contributed by atoms with E-state index in [0.717, 1.165) is 31.6 Å². The monoisotopic (exact) mass is 751 g/mol. The maximum Gasteiger partial charge on any atom is 0.0455 e. The molecule has 286 valence electrons. The summed E-state index contributed by atoms with van der Waals surface area (Å²) in [5.74, 6) is 0.728. The van der Waals surface area contributed by atoms with E-state index in [2.05, 4.69) is 189 Å². The first-order valence-electron chi connectivity index (χ1n) is 21.7. The minimum atomic E-state index is -0.0279. The molecule has 1 nitrogen and oxygen atoms in total. The van der Waals surface area contributed by atoms with Crippen molar-refractivity contribution in [2.45, 2.75) is 83.0 Å². The summed E-state index contributed by atoms with van der Waals surface area (Å²) in [5.41, 5.74) is 21.8. The van der Waals surface area contributed by atoms with Gasteiger partial charge in [-0.2, -0.15) is 0 Å². The maximum absolute atomic E-state index is 2.60. The Labute approximate surface area is 345 Å². The average Bonchev–Trinajstić information content (AvgIpc) is 3.53. The highest BCUT2D eigenvalue weighted by molar-refractivity contribution is 5.92. The summed E-state index contributed by atoms with van der Waals surface area (Å²) >= 11 is 0. The normalized spacial score (nSPS) is 17.5. The van der Waals surface area contributed by atoms with Crippen LogP contribution in [-0.2, 0) is 5.41 Å². The van der Waals surface area contributed by atoms with Crippen molar-refractivity contribution in [1.82, 2.24) is 0 Å². The fraction of sp³-hybridized carbons (Fsp3) is 0.228. The molecule has 10 rings (SSSR count). The van der Waals surface area contributed by atoms with Gasteiger partial charge in [-0.3, -0.25) is 0 Å². The molecule has 0 N–H and O–H groups in total. The molecule has 0 bridgehead atoms. The van der Waals surface area contributed by atoms with Crippen LogP contribution in [0.4, 0.5) is 5.69 Å². The molecule has 0 atom stereocenters. The van der Waals surface area contributed by atoms with Crippen molar-refractivity contribution in [2.24, 2.45) is 0 Å². The molecule has 0 heterocycles. The number of allylic oxidation sites excluding steroid dienone is 8. The van der Waals surface area contributed by atoms with Crippen molar-refractivity contribution in [1.29, 1.82) is 0 Å². The van der Waals surface area contributed by atoms with E-state index < -0.39 is 0 Å². The minimum absolute atomic E-state index is 0.0279. The summed E-state index contributed by atoms with van der Waals surface area (Å²) in [6, 6.07) is 56.6. The second-order valence-electron chi connectivity index (χ2n) is 17.3. The Bertz CT molecular complexity index is 2520. The first-order valence-corrected chi connectivity index (χ1v) is 21.7. The Balaban J connectivity index is 1.05. The minimum Gasteiger partial charge on any atom is -0.318 e. The van der Waals surface area contributed by atoms with Gasteiger partial charge < -0.3 is 4.90 Å². The lowest BCUT2D eigenvalue weighted by Crippen LogP contribution is -2.26. The predicted octanol–water partition coefficient (Wildman–Crippen LogP) is 15.7. The number of hydrogen-bond acceptors (Lipinski definition) is 1. The SMILES string of the molecule is CC1(C)C2=C(CCC(N(C3=CC=C(c4c(-c5ccccc5)cccc4-c4ccccc4)CC3)c3ccc(-c4ccc(C5CCCCC5)cc4)cc3)=C2)c2ccccc21. The van der Waals surface area contributed by atoms with Gasteiger partial charge in [-0.25, -0.2) is 0 Å². The maximum atomic E-state index is 2.60. The van der Waals surface area contributed by atoms with Crippen molar-refractivity contribution in [3.8, 4) is 33.4 Å². The topological polar surface area (TPSA) is 3.24 Å². The molecule has 4 aliphatic rings. The van der Waals surface area contributed by atoms with E-state index in [0.29, 0.717) is 0 Å². The summed E-state index contributed by atoms with van der Waals surface area (Å²) in [7, 11) is 0. The van der Waals surface area contributed by atoms with Crippen LogP contribution in [0.25, 0.3) is 44.5 Å². The molecule has 1 fully saturated rings. The van der Waals surface area contributed by atoms with Gasteiger partial charge in [0.2, 0.25) is 0 Å². The molecule has 6 aromatic carbocycles. The highest BCUT2D eigenvalue weighted by Crippen LogP contribution is 2.52. The van der Waals surface area contributed by atoms with Gasteiger partial charge in [0.15, 0.2) is 0 Å². The molecule has 0 spiro atoms. The molecule has 6 aromatic rings. The van der Waals surface area contributed by atoms with Crippen molar-refractivity contribution < 1.29 is 0 Å². The molecule has 0 aromatic heterocycles. The van der Waals surface area contributed by atoms with Gasteiger partial charge in [-0.1, -0.05) is 179 Å². The van der Waals surface area contributed by atoms with Crippen LogP contribution in [0.1, 0.15) is 99.8 Å². The van der Waals surface area contributed by atoms with Gasteiger partial charge >= 0.3 is 0 Å². The van der Waals surface area contributed by atoms with Crippen molar-refractivity contribution in [3.63, 3.8) is 0 Å². The lowest BCUT2D eigenvalue weighted by molar-refractivity contribution is 0.443. The zero-order valence-corrected chi connectivity index (χ0v) is 34.1. The molecule has 0 radical (unpaired) electrons. The number of fused-ring (bicyclic) bond motifs is 2. The molecular weight excluding hydrogens is 699 g/mol. The summed E-state index contributed by atoms with van der Waals surface area (Å²) in [4.78, 5) is 2.60. The highest BCUT2D eigenvalue weighted by Gasteiger charge is 2.39. The van der Waals surface area contributed by atoms with Gasteiger partial charge in [0, 0.05) is 22.5 Å². The van der Waals surface area contributed by atoms with E-state index in [9.17, 15) is 0 Å². The van der Waals surface area contributed by atoms with E-state index in [1.807, 2.05) is 0 Å². The highest BCUT2D eigenvalue weighted by atomic mass is 15.2. The van der Waals surface area contributed by atoms with Gasteiger partial charge in [0.1, 0.15) is 0 Å². The smallest absolute Gasteiger partial charge is 0.0455 e. The first kappa shape index (κ1) is 36.4. The van der Waals surface area contributed by atoms with Crippen LogP contribution in [0.5, 0.6) is 0 Å². The summed E-state index contributed by atoms with van der Waals surface area (Å²) in [5, 5.41) is 0. The summed E-state index contributed by atoms with van der Waals surface area (Å²) < 4.78 is 0. The van der Waals surface area contributed by atoms with Gasteiger partial charge in [0.25, 0.3) is 0 Å². The van der Waals surface area contributed by atoms with Gasteiger partial charge in [-0.15, -0.1) is 0 Å². The van der Waals surface area contributed by atoms with Crippen LogP contribution in [0.2, 0.25) is 0 Å². The van der Waals surface area contributed by atoms with Crippen molar-refractivity contribution >= 4 is 16.8 Å². The zero-order valence-electron chi connectivity index (χ0n) is 34.1. The fourth-order valence-corrected chi connectivity index (χ4v) is 10.5. The third kappa shape index (κ3) is 6.71. The number of benzene rings is 6. The average molecular weight is 752 g/mol. The molecule has 0 aliphatic heterocycles. The summed E-state index contributed by atoms with van der Waals surface area (Å²) in [6.07, 6.45) is 18.2. The molecule has 58 heavy (non-hydrogen) atoms. The molecule has 1 heteroatoms. The fourth-order valence-electron chi connectivity index (χ4n) is 10.5. The van der Waals surface area contributed by atoms with Crippen molar-refractivity contribution in [2.75, 3.05) is 4.90 Å².